The average molecular weight is 277 g/mol. The zero-order chi connectivity index (χ0) is 14.7. The number of imide groups is 1. The number of carbonyl (C=O) groups excluding carboxylic acids is 2. The number of carbonyl (C=O) groups is 2. The van der Waals surface area contributed by atoms with Gasteiger partial charge >= 0.3 is 0 Å². The van der Waals surface area contributed by atoms with Crippen molar-refractivity contribution in [3.8, 4) is 0 Å². The number of para-hydroxylation sites is 1. The van der Waals surface area contributed by atoms with E-state index in [-0.39, 0.29) is 24.0 Å². The van der Waals surface area contributed by atoms with Crippen LogP contribution >= 0.6 is 0 Å². The fraction of sp³-hybridized carbons (Fsp3) is 0.385. The Hall–Kier alpha value is -2.44. The van der Waals surface area contributed by atoms with E-state index in [0.29, 0.717) is 30.5 Å². The molecule has 0 spiro atoms. The normalized spacial score (nSPS) is 15.3. The Balaban J connectivity index is 2.33. The van der Waals surface area contributed by atoms with Crippen molar-refractivity contribution in [2.24, 2.45) is 0 Å². The van der Waals surface area contributed by atoms with Gasteiger partial charge in [-0.2, -0.15) is 0 Å². The largest absolute Gasteiger partial charge is 0.382 e. The van der Waals surface area contributed by atoms with Crippen LogP contribution in [-0.4, -0.2) is 28.7 Å². The molecule has 1 aliphatic heterocycles. The number of rotatable bonds is 4. The summed E-state index contributed by atoms with van der Waals surface area (Å²) in [5.74, 6) is -0.454. The first kappa shape index (κ1) is 14.0. The van der Waals surface area contributed by atoms with Crippen LogP contribution in [-0.2, 0) is 16.1 Å². The molecule has 1 aromatic rings. The molecule has 1 aromatic carbocycles. The van der Waals surface area contributed by atoms with E-state index in [1.807, 2.05) is 0 Å². The van der Waals surface area contributed by atoms with Gasteiger partial charge in [0.1, 0.15) is 5.69 Å². The van der Waals surface area contributed by atoms with Gasteiger partial charge in [0, 0.05) is 31.5 Å². The van der Waals surface area contributed by atoms with Crippen molar-refractivity contribution in [1.82, 2.24) is 4.90 Å². The summed E-state index contributed by atoms with van der Waals surface area (Å²) < 4.78 is 0. The van der Waals surface area contributed by atoms with Crippen molar-refractivity contribution in [1.29, 1.82) is 0 Å². The van der Waals surface area contributed by atoms with Gasteiger partial charge in [0.2, 0.25) is 11.8 Å². The molecule has 1 N–H and O–H groups in total. The maximum absolute atomic E-state index is 11.8. The van der Waals surface area contributed by atoms with E-state index in [1.165, 1.54) is 11.0 Å². The minimum atomic E-state index is -0.491. The van der Waals surface area contributed by atoms with E-state index in [0.717, 1.165) is 0 Å². The number of benzene rings is 1. The summed E-state index contributed by atoms with van der Waals surface area (Å²) in [6.45, 7) is 0.0650. The van der Waals surface area contributed by atoms with Gasteiger partial charge in [-0.25, -0.2) is 0 Å². The van der Waals surface area contributed by atoms with Crippen molar-refractivity contribution in [2.75, 3.05) is 12.4 Å². The Morgan fingerprint density at radius 2 is 1.95 bits per heavy atom. The first-order valence-corrected chi connectivity index (χ1v) is 6.32. The van der Waals surface area contributed by atoms with Crippen LogP contribution in [0.1, 0.15) is 24.8 Å². The van der Waals surface area contributed by atoms with Crippen LogP contribution in [0, 0.1) is 10.1 Å². The third kappa shape index (κ3) is 2.61. The molecule has 0 saturated carbocycles. The first-order chi connectivity index (χ1) is 9.54. The van der Waals surface area contributed by atoms with Crippen LogP contribution in [0.15, 0.2) is 18.2 Å². The Labute approximate surface area is 115 Å². The van der Waals surface area contributed by atoms with E-state index in [2.05, 4.69) is 5.32 Å². The molecule has 0 aliphatic carbocycles. The number of hydrogen-bond acceptors (Lipinski definition) is 5. The first-order valence-electron chi connectivity index (χ1n) is 6.32. The molecule has 0 atom stereocenters. The van der Waals surface area contributed by atoms with Gasteiger partial charge < -0.3 is 5.32 Å². The van der Waals surface area contributed by atoms with E-state index < -0.39 is 4.92 Å². The highest BCUT2D eigenvalue weighted by atomic mass is 16.6. The SMILES string of the molecule is CNc1c(CN2C(=O)CCCC2=O)cccc1[N+](=O)[O-]. The number of nitrogens with zero attached hydrogens (tertiary/aromatic N) is 2. The van der Waals surface area contributed by atoms with Gasteiger partial charge in [-0.3, -0.25) is 24.6 Å². The van der Waals surface area contributed by atoms with Crippen LogP contribution < -0.4 is 5.32 Å². The predicted molar refractivity (Wildman–Crippen MR) is 72.1 cm³/mol. The highest BCUT2D eigenvalue weighted by Crippen LogP contribution is 2.29. The van der Waals surface area contributed by atoms with Gasteiger partial charge in [-0.15, -0.1) is 0 Å². The summed E-state index contributed by atoms with van der Waals surface area (Å²) in [5, 5.41) is 13.7. The van der Waals surface area contributed by atoms with Crippen molar-refractivity contribution < 1.29 is 14.5 Å². The summed E-state index contributed by atoms with van der Waals surface area (Å²) in [6, 6.07) is 4.61. The number of piperidine rings is 1. The lowest BCUT2D eigenvalue weighted by Gasteiger charge is -2.25. The van der Waals surface area contributed by atoms with E-state index in [9.17, 15) is 19.7 Å². The number of nitro benzene ring substituents is 1. The molecule has 106 valence electrons. The maximum atomic E-state index is 11.8. The summed E-state index contributed by atoms with van der Waals surface area (Å²) in [4.78, 5) is 35.2. The van der Waals surface area contributed by atoms with Crippen molar-refractivity contribution in [3.63, 3.8) is 0 Å². The molecule has 2 amide bonds. The van der Waals surface area contributed by atoms with Crippen LogP contribution in [0.25, 0.3) is 0 Å². The third-order valence-corrected chi connectivity index (χ3v) is 3.29. The number of likely N-dealkylation sites (tertiary alicyclic amines) is 1. The minimum Gasteiger partial charge on any atom is -0.382 e. The highest BCUT2D eigenvalue weighted by molar-refractivity contribution is 5.97. The zero-order valence-corrected chi connectivity index (χ0v) is 11.1. The second-order valence-corrected chi connectivity index (χ2v) is 4.55. The van der Waals surface area contributed by atoms with E-state index >= 15 is 0 Å². The Morgan fingerprint density at radius 3 is 2.50 bits per heavy atom. The van der Waals surface area contributed by atoms with Crippen molar-refractivity contribution in [3.05, 3.63) is 33.9 Å². The fourth-order valence-electron chi connectivity index (χ4n) is 2.31. The van der Waals surface area contributed by atoms with Gasteiger partial charge in [0.05, 0.1) is 11.5 Å². The summed E-state index contributed by atoms with van der Waals surface area (Å²) in [5.41, 5.74) is 0.830. The van der Waals surface area contributed by atoms with Crippen LogP contribution in [0.4, 0.5) is 11.4 Å². The molecular weight excluding hydrogens is 262 g/mol. The summed E-state index contributed by atoms with van der Waals surface area (Å²) in [7, 11) is 1.58. The van der Waals surface area contributed by atoms with E-state index in [4.69, 9.17) is 0 Å². The molecule has 0 bridgehead atoms. The summed E-state index contributed by atoms with van der Waals surface area (Å²) >= 11 is 0. The van der Waals surface area contributed by atoms with Gasteiger partial charge in [0.15, 0.2) is 0 Å². The minimum absolute atomic E-state index is 0.0650. The van der Waals surface area contributed by atoms with Crippen LogP contribution in [0.3, 0.4) is 0 Å². The molecule has 1 fully saturated rings. The second-order valence-electron chi connectivity index (χ2n) is 4.55. The molecular formula is C13H15N3O4. The Morgan fingerprint density at radius 1 is 1.30 bits per heavy atom. The molecule has 0 aromatic heterocycles. The molecule has 20 heavy (non-hydrogen) atoms. The standard InChI is InChI=1S/C13H15N3O4/c1-14-13-9(4-2-5-10(13)16(19)20)8-15-11(17)6-3-7-12(15)18/h2,4-5,14H,3,6-8H2,1H3. The highest BCUT2D eigenvalue weighted by Gasteiger charge is 2.27. The average Bonchev–Trinajstić information content (AvgIpc) is 2.42. The maximum Gasteiger partial charge on any atom is 0.292 e. The number of amides is 2. The molecule has 1 aliphatic rings. The smallest absolute Gasteiger partial charge is 0.292 e. The number of nitrogens with one attached hydrogen (secondary N) is 1. The quantitative estimate of drug-likeness (QED) is 0.513. The predicted octanol–water partition coefficient (Wildman–Crippen LogP) is 1.68. The molecule has 0 radical (unpaired) electrons. The lowest BCUT2D eigenvalue weighted by atomic mass is 10.1. The number of nitro groups is 1. The molecule has 7 heteroatoms. The zero-order valence-electron chi connectivity index (χ0n) is 11.1. The van der Waals surface area contributed by atoms with Gasteiger partial charge in [-0.1, -0.05) is 12.1 Å². The molecule has 1 heterocycles. The lowest BCUT2D eigenvalue weighted by Crippen LogP contribution is -2.39. The van der Waals surface area contributed by atoms with Crippen LogP contribution in [0.2, 0.25) is 0 Å². The third-order valence-electron chi connectivity index (χ3n) is 3.29. The van der Waals surface area contributed by atoms with Crippen molar-refractivity contribution in [2.45, 2.75) is 25.8 Å². The molecule has 7 nitrogen and oxygen atoms in total. The van der Waals surface area contributed by atoms with Crippen LogP contribution in [0.5, 0.6) is 0 Å². The number of hydrogen-bond donors (Lipinski definition) is 1. The molecule has 2 rings (SSSR count). The van der Waals surface area contributed by atoms with E-state index in [1.54, 1.807) is 19.2 Å². The number of anilines is 1. The molecule has 1 saturated heterocycles. The van der Waals surface area contributed by atoms with Gasteiger partial charge in [0.25, 0.3) is 5.69 Å². The lowest BCUT2D eigenvalue weighted by molar-refractivity contribution is -0.384. The fourth-order valence-corrected chi connectivity index (χ4v) is 2.31. The Bertz CT molecular complexity index is 555. The topological polar surface area (TPSA) is 92.6 Å². The van der Waals surface area contributed by atoms with Crippen molar-refractivity contribution >= 4 is 23.2 Å². The summed E-state index contributed by atoms with van der Waals surface area (Å²) in [6.07, 6.45) is 1.26. The van der Waals surface area contributed by atoms with Gasteiger partial charge in [-0.05, 0) is 6.42 Å². The Kier molecular flexibility index (Phi) is 3.97. The molecule has 0 unspecified atom stereocenters. The monoisotopic (exact) mass is 277 g/mol. The second kappa shape index (κ2) is 5.68.